The van der Waals surface area contributed by atoms with Crippen molar-refractivity contribution in [2.24, 2.45) is 0 Å². The maximum atomic E-state index is 12.6. The monoisotopic (exact) mass is 694 g/mol. The number of unbranched alkanes of at least 4 members (excludes halogenated alkanes) is 17. The van der Waals surface area contributed by atoms with Gasteiger partial charge in [0.05, 0.1) is 40.3 Å². The number of carboxylic acids is 1. The van der Waals surface area contributed by atoms with Crippen LogP contribution in [-0.2, 0) is 28.6 Å². The van der Waals surface area contributed by atoms with Gasteiger partial charge in [-0.1, -0.05) is 141 Å². The number of carboxylic acid groups (broad SMARTS) is 1. The summed E-state index contributed by atoms with van der Waals surface area (Å²) in [5.74, 6) is -1.82. The molecule has 0 aliphatic rings. The van der Waals surface area contributed by atoms with Gasteiger partial charge in [-0.3, -0.25) is 9.59 Å². The maximum absolute atomic E-state index is 12.6. The van der Waals surface area contributed by atoms with Gasteiger partial charge in [-0.15, -0.1) is 0 Å². The molecule has 0 radical (unpaired) electrons. The molecule has 0 spiro atoms. The number of hydrogen-bond donors (Lipinski definition) is 0. The number of carbonyl (C=O) groups is 3. The number of allylic oxidation sites excluding steroid dienone is 4. The summed E-state index contributed by atoms with van der Waals surface area (Å²) in [5, 5.41) is 11.6. The lowest BCUT2D eigenvalue weighted by Crippen LogP contribution is -2.55. The number of nitrogens with zero attached hydrogens (tertiary/aromatic N) is 1. The Kier molecular flexibility index (Phi) is 31.5. The number of quaternary nitrogens is 1. The number of hydrogen-bond acceptors (Lipinski definition) is 7. The molecule has 0 N–H and O–H groups in total. The number of likely N-dealkylation sites (N-methyl/N-ethyl adjacent to an activating group) is 1. The Hall–Kier alpha value is -2.19. The smallest absolute Gasteiger partial charge is 0.306 e. The van der Waals surface area contributed by atoms with Gasteiger partial charge in [-0.25, -0.2) is 0 Å². The second kappa shape index (κ2) is 33.0. The van der Waals surface area contributed by atoms with E-state index in [1.165, 1.54) is 96.3 Å². The van der Waals surface area contributed by atoms with E-state index < -0.39 is 18.1 Å². The lowest BCUT2D eigenvalue weighted by Gasteiger charge is -2.34. The molecule has 0 aromatic heterocycles. The third-order valence-electron chi connectivity index (χ3n) is 8.85. The molecular formula is C41H75NO7. The second-order valence-electron chi connectivity index (χ2n) is 14.5. The molecular weight excluding hydrogens is 618 g/mol. The SMILES string of the molecule is CCCCCCCC/C=C/C/C=C/CCC(=O)OC(COCCC(C(=O)[O-])[N+](C)(C)C)COC(=O)CCCCCCCCCCCCCC. The first-order valence-corrected chi connectivity index (χ1v) is 19.9. The Labute approximate surface area is 301 Å². The molecule has 0 aromatic carbocycles. The Morgan fingerprint density at radius 2 is 1.12 bits per heavy atom. The van der Waals surface area contributed by atoms with Crippen LogP contribution in [0.3, 0.4) is 0 Å². The summed E-state index contributed by atoms with van der Waals surface area (Å²) in [5.41, 5.74) is 0. The highest BCUT2D eigenvalue weighted by molar-refractivity contribution is 5.70. The van der Waals surface area contributed by atoms with Crippen molar-refractivity contribution in [3.8, 4) is 0 Å². The lowest BCUT2D eigenvalue weighted by atomic mass is 10.0. The highest BCUT2D eigenvalue weighted by Crippen LogP contribution is 2.14. The molecule has 8 nitrogen and oxygen atoms in total. The summed E-state index contributed by atoms with van der Waals surface area (Å²) in [6.07, 6.45) is 33.5. The minimum Gasteiger partial charge on any atom is -0.544 e. The zero-order chi connectivity index (χ0) is 36.4. The summed E-state index contributed by atoms with van der Waals surface area (Å²) < 4.78 is 17.0. The van der Waals surface area contributed by atoms with Gasteiger partial charge in [0.25, 0.3) is 0 Å². The molecule has 2 atom stereocenters. The predicted octanol–water partition coefficient (Wildman–Crippen LogP) is 8.80. The van der Waals surface area contributed by atoms with Gasteiger partial charge in [0, 0.05) is 19.3 Å². The van der Waals surface area contributed by atoms with Crippen LogP contribution in [0.25, 0.3) is 0 Å². The van der Waals surface area contributed by atoms with Crippen molar-refractivity contribution in [3.05, 3.63) is 24.3 Å². The van der Waals surface area contributed by atoms with Crippen molar-refractivity contribution in [2.45, 2.75) is 180 Å². The first-order valence-electron chi connectivity index (χ1n) is 19.9. The summed E-state index contributed by atoms with van der Waals surface area (Å²) in [6, 6.07) is -0.730. The van der Waals surface area contributed by atoms with Gasteiger partial charge in [0.2, 0.25) is 0 Å². The minimum atomic E-state index is -1.13. The normalized spacial score (nSPS) is 13.2. The number of ether oxygens (including phenoxy) is 3. The fourth-order valence-electron chi connectivity index (χ4n) is 5.71. The number of aliphatic carboxylic acids is 1. The molecule has 0 aliphatic heterocycles. The molecule has 0 amide bonds. The molecule has 0 rings (SSSR count). The topological polar surface area (TPSA) is 102 Å². The molecule has 0 fully saturated rings. The van der Waals surface area contributed by atoms with Crippen LogP contribution in [0.1, 0.15) is 168 Å². The number of carbonyl (C=O) groups excluding carboxylic acids is 3. The van der Waals surface area contributed by atoms with E-state index in [1.807, 2.05) is 6.08 Å². The van der Waals surface area contributed by atoms with Gasteiger partial charge in [-0.05, 0) is 32.1 Å². The summed E-state index contributed by atoms with van der Waals surface area (Å²) in [7, 11) is 5.38. The van der Waals surface area contributed by atoms with E-state index in [-0.39, 0.29) is 49.1 Å². The van der Waals surface area contributed by atoms with E-state index in [0.29, 0.717) is 12.8 Å². The van der Waals surface area contributed by atoms with Gasteiger partial charge >= 0.3 is 11.9 Å². The first kappa shape index (κ1) is 46.8. The first-order chi connectivity index (χ1) is 23.6. The molecule has 0 aliphatic carbocycles. The average molecular weight is 694 g/mol. The van der Waals surface area contributed by atoms with E-state index in [4.69, 9.17) is 14.2 Å². The highest BCUT2D eigenvalue weighted by Gasteiger charge is 2.25. The molecule has 0 bridgehead atoms. The molecule has 0 saturated heterocycles. The van der Waals surface area contributed by atoms with E-state index >= 15 is 0 Å². The van der Waals surface area contributed by atoms with Gasteiger partial charge < -0.3 is 28.6 Å². The largest absolute Gasteiger partial charge is 0.544 e. The Morgan fingerprint density at radius 3 is 1.65 bits per heavy atom. The van der Waals surface area contributed by atoms with Crippen LogP contribution in [0.2, 0.25) is 0 Å². The van der Waals surface area contributed by atoms with E-state index in [1.54, 1.807) is 21.1 Å². The van der Waals surface area contributed by atoms with Gasteiger partial charge in [0.1, 0.15) is 12.6 Å². The zero-order valence-electron chi connectivity index (χ0n) is 32.4. The van der Waals surface area contributed by atoms with E-state index in [9.17, 15) is 19.5 Å². The summed E-state index contributed by atoms with van der Waals surface area (Å²) in [6.45, 7) is 4.58. The van der Waals surface area contributed by atoms with Crippen LogP contribution in [0.15, 0.2) is 24.3 Å². The molecule has 0 aromatic rings. The van der Waals surface area contributed by atoms with Crippen molar-refractivity contribution >= 4 is 17.9 Å². The second-order valence-corrected chi connectivity index (χ2v) is 14.5. The van der Waals surface area contributed by atoms with Crippen LogP contribution < -0.4 is 5.11 Å². The Morgan fingerprint density at radius 1 is 0.612 bits per heavy atom. The third kappa shape index (κ3) is 31.5. The standard InChI is InChI=1S/C41H75NO7/c1-6-8-10-12-14-16-18-20-22-24-26-28-30-32-40(44)49-37(35-47-34-33-38(41(45)46)42(3,4)5)36-48-39(43)31-29-27-25-23-21-19-17-15-13-11-9-7-2/h20,22,26,28,37-38H,6-19,21,23-25,27,29-36H2,1-5H3/b22-20+,28-26+. The van der Waals surface area contributed by atoms with Crippen molar-refractivity contribution in [2.75, 3.05) is 41.0 Å². The molecule has 49 heavy (non-hydrogen) atoms. The van der Waals surface area contributed by atoms with Crippen LogP contribution in [-0.4, -0.2) is 75.5 Å². The molecule has 8 heteroatoms. The van der Waals surface area contributed by atoms with Crippen molar-refractivity contribution in [3.63, 3.8) is 0 Å². The lowest BCUT2D eigenvalue weighted by molar-refractivity contribution is -0.889. The predicted molar refractivity (Wildman–Crippen MR) is 199 cm³/mol. The average Bonchev–Trinajstić information content (AvgIpc) is 3.05. The van der Waals surface area contributed by atoms with Gasteiger partial charge in [-0.2, -0.15) is 0 Å². The summed E-state index contributed by atoms with van der Waals surface area (Å²) >= 11 is 0. The Bertz CT molecular complexity index is 864. The fourth-order valence-corrected chi connectivity index (χ4v) is 5.71. The highest BCUT2D eigenvalue weighted by atomic mass is 16.6. The maximum Gasteiger partial charge on any atom is 0.306 e. The van der Waals surface area contributed by atoms with Crippen molar-refractivity contribution in [1.82, 2.24) is 0 Å². The molecule has 0 heterocycles. The van der Waals surface area contributed by atoms with E-state index in [0.717, 1.165) is 32.1 Å². The minimum absolute atomic E-state index is 0.0216. The van der Waals surface area contributed by atoms with Crippen molar-refractivity contribution < 1.29 is 38.2 Å². The molecule has 286 valence electrons. The number of rotatable bonds is 35. The van der Waals surface area contributed by atoms with Crippen LogP contribution in [0.5, 0.6) is 0 Å². The fraction of sp³-hybridized carbons (Fsp3) is 0.829. The third-order valence-corrected chi connectivity index (χ3v) is 8.85. The summed E-state index contributed by atoms with van der Waals surface area (Å²) in [4.78, 5) is 36.6. The Balaban J connectivity index is 4.48. The number of esters is 2. The molecule has 2 unspecified atom stereocenters. The van der Waals surface area contributed by atoms with Crippen molar-refractivity contribution in [1.29, 1.82) is 0 Å². The van der Waals surface area contributed by atoms with Crippen LogP contribution in [0.4, 0.5) is 0 Å². The molecule has 0 saturated carbocycles. The van der Waals surface area contributed by atoms with Gasteiger partial charge in [0.15, 0.2) is 6.10 Å². The van der Waals surface area contributed by atoms with E-state index in [2.05, 4.69) is 32.1 Å². The zero-order valence-corrected chi connectivity index (χ0v) is 32.4. The van der Waals surface area contributed by atoms with Crippen LogP contribution in [0, 0.1) is 0 Å². The van der Waals surface area contributed by atoms with Crippen LogP contribution >= 0.6 is 0 Å². The quantitative estimate of drug-likeness (QED) is 0.0283.